The molecule has 0 amide bonds. The number of benzene rings is 2. The molecule has 5 heteroatoms. The van der Waals surface area contributed by atoms with Gasteiger partial charge in [-0.1, -0.05) is 36.4 Å². The number of rotatable bonds is 5. The van der Waals surface area contributed by atoms with Crippen molar-refractivity contribution in [3.8, 4) is 11.5 Å². The Hall–Kier alpha value is -1.77. The summed E-state index contributed by atoms with van der Waals surface area (Å²) in [5.74, 6) is 0.956. The highest BCUT2D eigenvalue weighted by Gasteiger charge is 2.30. The summed E-state index contributed by atoms with van der Waals surface area (Å²) in [4.78, 5) is 0. The van der Waals surface area contributed by atoms with Gasteiger partial charge < -0.3 is 9.05 Å². The molecule has 2 aromatic rings. The monoisotopic (exact) mass is 292 g/mol. The summed E-state index contributed by atoms with van der Waals surface area (Å²) in [6, 6.07) is 14.5. The summed E-state index contributed by atoms with van der Waals surface area (Å²) in [5.41, 5.74) is 1.72. The fourth-order valence-electron chi connectivity index (χ4n) is 1.65. The number of phosphoric acid groups is 1. The van der Waals surface area contributed by atoms with Crippen LogP contribution in [0, 0.1) is 13.8 Å². The first-order valence-electron chi connectivity index (χ1n) is 6.20. The van der Waals surface area contributed by atoms with Gasteiger partial charge in [0.15, 0.2) is 0 Å². The Morgan fingerprint density at radius 2 is 1.20 bits per heavy atom. The first kappa shape index (κ1) is 14.6. The number of phosphoric ester groups is 1. The Labute approximate surface area is 118 Å². The zero-order chi connectivity index (χ0) is 14.6. The van der Waals surface area contributed by atoms with Crippen LogP contribution < -0.4 is 9.05 Å². The average molecular weight is 292 g/mol. The zero-order valence-corrected chi connectivity index (χ0v) is 12.6. The van der Waals surface area contributed by atoms with E-state index in [0.29, 0.717) is 11.5 Å². The minimum atomic E-state index is -3.70. The molecule has 20 heavy (non-hydrogen) atoms. The van der Waals surface area contributed by atoms with Crippen LogP contribution in [0.4, 0.5) is 0 Å². The molecule has 0 saturated carbocycles. The highest BCUT2D eigenvalue weighted by atomic mass is 31.2. The molecule has 0 aliphatic heterocycles. The van der Waals surface area contributed by atoms with E-state index in [0.717, 1.165) is 11.1 Å². The molecule has 0 unspecified atom stereocenters. The minimum Gasteiger partial charge on any atom is -0.395 e. The predicted octanol–water partition coefficient (Wildman–Crippen LogP) is 4.52. The highest BCUT2D eigenvalue weighted by Crippen LogP contribution is 2.49. The second kappa shape index (κ2) is 6.12. The quantitative estimate of drug-likeness (QED) is 0.760. The maximum atomic E-state index is 12.6. The Morgan fingerprint density at radius 3 is 1.55 bits per heavy atom. The molecular formula is C15H17O4P. The highest BCUT2D eigenvalue weighted by molar-refractivity contribution is 7.49. The van der Waals surface area contributed by atoms with Crippen LogP contribution in [0.2, 0.25) is 0 Å². The molecule has 0 radical (unpaired) electrons. The third kappa shape index (κ3) is 3.41. The van der Waals surface area contributed by atoms with Crippen molar-refractivity contribution in [2.24, 2.45) is 0 Å². The van der Waals surface area contributed by atoms with Crippen LogP contribution in [0.15, 0.2) is 48.5 Å². The molecular weight excluding hydrogens is 275 g/mol. The van der Waals surface area contributed by atoms with Crippen LogP contribution in [0.25, 0.3) is 0 Å². The molecule has 0 aliphatic rings. The third-order valence-electron chi connectivity index (χ3n) is 2.83. The van der Waals surface area contributed by atoms with Crippen LogP contribution in [-0.4, -0.2) is 7.11 Å². The lowest BCUT2D eigenvalue weighted by Gasteiger charge is -2.19. The topological polar surface area (TPSA) is 44.8 Å². The first-order valence-corrected chi connectivity index (χ1v) is 7.66. The second-order valence-corrected chi connectivity index (χ2v) is 5.97. The van der Waals surface area contributed by atoms with Crippen LogP contribution >= 0.6 is 7.82 Å². The summed E-state index contributed by atoms with van der Waals surface area (Å²) in [7, 11) is -2.40. The van der Waals surface area contributed by atoms with E-state index in [1.165, 1.54) is 7.11 Å². The van der Waals surface area contributed by atoms with Gasteiger partial charge in [0.1, 0.15) is 11.5 Å². The number of para-hydroxylation sites is 2. The summed E-state index contributed by atoms with van der Waals surface area (Å²) in [5, 5.41) is 0. The lowest BCUT2D eigenvalue weighted by molar-refractivity contribution is 0.249. The van der Waals surface area contributed by atoms with Crippen molar-refractivity contribution >= 4 is 7.82 Å². The van der Waals surface area contributed by atoms with Gasteiger partial charge in [-0.15, -0.1) is 0 Å². The van der Waals surface area contributed by atoms with E-state index in [9.17, 15) is 4.57 Å². The Kier molecular flexibility index (Phi) is 4.48. The molecule has 2 rings (SSSR count). The largest absolute Gasteiger partial charge is 0.587 e. The number of hydrogen-bond donors (Lipinski definition) is 0. The van der Waals surface area contributed by atoms with Gasteiger partial charge in [0.05, 0.1) is 0 Å². The van der Waals surface area contributed by atoms with Gasteiger partial charge in [0.2, 0.25) is 0 Å². The molecule has 0 aromatic heterocycles. The maximum Gasteiger partial charge on any atom is 0.587 e. The molecule has 0 aliphatic carbocycles. The molecule has 0 bridgehead atoms. The van der Waals surface area contributed by atoms with Gasteiger partial charge >= 0.3 is 7.82 Å². The summed E-state index contributed by atoms with van der Waals surface area (Å²) >= 11 is 0. The minimum absolute atomic E-state index is 0.478. The van der Waals surface area contributed by atoms with E-state index in [2.05, 4.69) is 0 Å². The van der Waals surface area contributed by atoms with Crippen molar-refractivity contribution in [2.75, 3.05) is 7.11 Å². The van der Waals surface area contributed by atoms with Gasteiger partial charge in [0.25, 0.3) is 0 Å². The van der Waals surface area contributed by atoms with Crippen molar-refractivity contribution in [3.05, 3.63) is 59.7 Å². The third-order valence-corrected chi connectivity index (χ3v) is 4.12. The Bertz CT molecular complexity index is 588. The molecule has 0 spiro atoms. The van der Waals surface area contributed by atoms with E-state index in [-0.39, 0.29) is 0 Å². The van der Waals surface area contributed by atoms with Crippen molar-refractivity contribution in [3.63, 3.8) is 0 Å². The Morgan fingerprint density at radius 1 is 0.800 bits per heavy atom. The lowest BCUT2D eigenvalue weighted by Crippen LogP contribution is -2.04. The zero-order valence-electron chi connectivity index (χ0n) is 11.7. The van der Waals surface area contributed by atoms with E-state index in [1.807, 2.05) is 38.1 Å². The van der Waals surface area contributed by atoms with E-state index in [1.54, 1.807) is 24.3 Å². The molecule has 0 saturated heterocycles. The summed E-state index contributed by atoms with van der Waals surface area (Å²) in [6.45, 7) is 3.73. The van der Waals surface area contributed by atoms with Crippen LogP contribution in [-0.2, 0) is 9.09 Å². The smallest absolute Gasteiger partial charge is 0.395 e. The van der Waals surface area contributed by atoms with Crippen LogP contribution in [0.5, 0.6) is 11.5 Å². The van der Waals surface area contributed by atoms with Gasteiger partial charge in [-0.25, -0.2) is 4.57 Å². The first-order chi connectivity index (χ1) is 9.54. The molecule has 2 aromatic carbocycles. The van der Waals surface area contributed by atoms with Crippen molar-refractivity contribution in [2.45, 2.75) is 13.8 Å². The van der Waals surface area contributed by atoms with E-state index < -0.39 is 7.82 Å². The maximum absolute atomic E-state index is 12.6. The van der Waals surface area contributed by atoms with Crippen molar-refractivity contribution < 1.29 is 18.1 Å². The molecule has 0 N–H and O–H groups in total. The average Bonchev–Trinajstić information content (AvgIpc) is 2.44. The predicted molar refractivity (Wildman–Crippen MR) is 78.2 cm³/mol. The SMILES string of the molecule is COP(=O)(Oc1ccccc1C)Oc1ccccc1C. The molecule has 0 fully saturated rings. The van der Waals surface area contributed by atoms with E-state index >= 15 is 0 Å². The van der Waals surface area contributed by atoms with E-state index in [4.69, 9.17) is 13.6 Å². The fraction of sp³-hybridized carbons (Fsp3) is 0.200. The van der Waals surface area contributed by atoms with Crippen molar-refractivity contribution in [1.29, 1.82) is 0 Å². The second-order valence-electron chi connectivity index (χ2n) is 4.34. The molecule has 0 heterocycles. The van der Waals surface area contributed by atoms with Gasteiger partial charge in [-0.2, -0.15) is 0 Å². The fourth-order valence-corrected chi connectivity index (χ4v) is 2.73. The standard InChI is InChI=1S/C15H17O4P/c1-12-8-4-6-10-14(12)18-20(16,17-3)19-15-11-7-5-9-13(15)2/h4-11H,1-3H3. The summed E-state index contributed by atoms with van der Waals surface area (Å²) in [6.07, 6.45) is 0. The normalized spacial score (nSPS) is 11.2. The number of aryl methyl sites for hydroxylation is 2. The van der Waals surface area contributed by atoms with Crippen molar-refractivity contribution in [1.82, 2.24) is 0 Å². The summed E-state index contributed by atoms with van der Waals surface area (Å²) < 4.78 is 28.4. The number of hydrogen-bond acceptors (Lipinski definition) is 4. The molecule has 106 valence electrons. The van der Waals surface area contributed by atoms with Gasteiger partial charge in [-0.05, 0) is 37.1 Å². The molecule has 0 atom stereocenters. The lowest BCUT2D eigenvalue weighted by atomic mass is 10.2. The van der Waals surface area contributed by atoms with Crippen LogP contribution in [0.1, 0.15) is 11.1 Å². The van der Waals surface area contributed by atoms with Crippen LogP contribution in [0.3, 0.4) is 0 Å². The van der Waals surface area contributed by atoms with Gasteiger partial charge in [-0.3, -0.25) is 4.52 Å². The van der Waals surface area contributed by atoms with Gasteiger partial charge in [0, 0.05) is 7.11 Å². The Balaban J connectivity index is 2.24. The molecule has 4 nitrogen and oxygen atoms in total.